The number of nitrogens with zero attached hydrogens (tertiary/aromatic N) is 1. The van der Waals surface area contributed by atoms with Gasteiger partial charge in [-0.25, -0.2) is 4.79 Å². The lowest BCUT2D eigenvalue weighted by Gasteiger charge is -2.24. The monoisotopic (exact) mass is 266 g/mol. The highest BCUT2D eigenvalue weighted by molar-refractivity contribution is 5.72. The van der Waals surface area contributed by atoms with Crippen LogP contribution in [0.15, 0.2) is 27.4 Å². The largest absolute Gasteiger partial charge is 0.417 e. The molecule has 0 saturated carbocycles. The van der Waals surface area contributed by atoms with E-state index in [2.05, 4.69) is 4.98 Å². The van der Waals surface area contributed by atoms with Crippen LogP contribution in [0, 0.1) is 0 Å². The summed E-state index contributed by atoms with van der Waals surface area (Å²) in [6, 6.07) is 5.30. The zero-order valence-corrected chi connectivity index (χ0v) is 10.8. The number of H-pyrrole nitrogens is 1. The molecule has 0 aliphatic rings. The number of hydrogen-bond acceptors (Lipinski definition) is 5. The number of benzene rings is 1. The highest BCUT2D eigenvalue weighted by Crippen LogP contribution is 2.13. The zero-order chi connectivity index (χ0) is 13.8. The third-order valence-electron chi connectivity index (χ3n) is 3.28. The first kappa shape index (κ1) is 13.8. The van der Waals surface area contributed by atoms with Crippen molar-refractivity contribution in [3.63, 3.8) is 0 Å². The van der Waals surface area contributed by atoms with Gasteiger partial charge in [-0.15, -0.1) is 0 Å². The van der Waals surface area contributed by atoms with Crippen molar-refractivity contribution in [2.45, 2.75) is 12.5 Å². The van der Waals surface area contributed by atoms with E-state index >= 15 is 0 Å². The fourth-order valence-electron chi connectivity index (χ4n) is 1.98. The Balaban J connectivity index is 2.03. The lowest BCUT2D eigenvalue weighted by Crippen LogP contribution is -2.38. The number of aliphatic hydroxyl groups excluding tert-OH is 2. The topological polar surface area (TPSA) is 89.7 Å². The predicted octanol–water partition coefficient (Wildman–Crippen LogP) is -0.0514. The van der Waals surface area contributed by atoms with Gasteiger partial charge in [0.25, 0.3) is 0 Å². The number of fused-ring (bicyclic) bond motifs is 1. The molecule has 0 bridgehead atoms. The molecule has 104 valence electrons. The molecule has 6 nitrogen and oxygen atoms in total. The molecule has 0 aliphatic carbocycles. The predicted molar refractivity (Wildman–Crippen MR) is 71.1 cm³/mol. The molecular weight excluding hydrogens is 248 g/mol. The summed E-state index contributed by atoms with van der Waals surface area (Å²) in [6.07, 6.45) is 0.760. The molecule has 0 atom stereocenters. The summed E-state index contributed by atoms with van der Waals surface area (Å²) in [6.45, 7) is 0.571. The average Bonchev–Trinajstić information content (AvgIpc) is 2.77. The smallest absolute Gasteiger partial charge is 0.408 e. The molecule has 1 aromatic heterocycles. The number of rotatable bonds is 6. The molecule has 19 heavy (non-hydrogen) atoms. The van der Waals surface area contributed by atoms with Crippen molar-refractivity contribution < 1.29 is 14.6 Å². The van der Waals surface area contributed by atoms with Crippen LogP contribution in [-0.4, -0.2) is 52.9 Å². The Morgan fingerprint density at radius 1 is 1.37 bits per heavy atom. The van der Waals surface area contributed by atoms with Gasteiger partial charge in [0.05, 0.1) is 24.8 Å². The lowest BCUT2D eigenvalue weighted by atomic mass is 10.1. The van der Waals surface area contributed by atoms with Crippen molar-refractivity contribution in [3.8, 4) is 0 Å². The summed E-state index contributed by atoms with van der Waals surface area (Å²) in [5.74, 6) is -0.454. The first-order valence-electron chi connectivity index (χ1n) is 6.17. The van der Waals surface area contributed by atoms with Crippen LogP contribution in [0.5, 0.6) is 0 Å². The van der Waals surface area contributed by atoms with Gasteiger partial charge in [-0.05, 0) is 31.2 Å². The standard InChI is InChI=1S/C13H18N2O4/c1-15(10(7-16)8-17)5-4-9-2-3-12-11(6-9)14-13(18)19-12/h2-3,6,10,16-17H,4-5,7-8H2,1H3,(H,14,18). The Morgan fingerprint density at radius 3 is 2.79 bits per heavy atom. The number of aliphatic hydroxyl groups is 2. The van der Waals surface area contributed by atoms with Gasteiger partial charge in [-0.2, -0.15) is 0 Å². The number of aromatic nitrogens is 1. The van der Waals surface area contributed by atoms with Gasteiger partial charge in [0.2, 0.25) is 0 Å². The van der Waals surface area contributed by atoms with Crippen LogP contribution < -0.4 is 5.76 Å². The third-order valence-corrected chi connectivity index (χ3v) is 3.28. The molecule has 0 amide bonds. The number of oxazole rings is 1. The summed E-state index contributed by atoms with van der Waals surface area (Å²) in [7, 11) is 1.86. The second kappa shape index (κ2) is 6.01. The number of likely N-dealkylation sites (N-methyl/N-ethyl adjacent to an activating group) is 1. The molecule has 0 aliphatic heterocycles. The van der Waals surface area contributed by atoms with E-state index in [1.807, 2.05) is 24.1 Å². The van der Waals surface area contributed by atoms with Crippen molar-refractivity contribution in [3.05, 3.63) is 34.3 Å². The Hall–Kier alpha value is -1.63. The molecule has 0 unspecified atom stereocenters. The van der Waals surface area contributed by atoms with Crippen LogP contribution in [-0.2, 0) is 6.42 Å². The van der Waals surface area contributed by atoms with E-state index in [4.69, 9.17) is 14.6 Å². The summed E-state index contributed by atoms with van der Waals surface area (Å²) >= 11 is 0. The van der Waals surface area contributed by atoms with Gasteiger partial charge in [-0.3, -0.25) is 9.88 Å². The quantitative estimate of drug-likeness (QED) is 0.682. The van der Waals surface area contributed by atoms with Crippen LogP contribution >= 0.6 is 0 Å². The Kier molecular flexibility index (Phi) is 4.36. The first-order valence-corrected chi connectivity index (χ1v) is 6.17. The van der Waals surface area contributed by atoms with Crippen LogP contribution in [0.2, 0.25) is 0 Å². The van der Waals surface area contributed by atoms with Crippen molar-refractivity contribution in [2.24, 2.45) is 0 Å². The van der Waals surface area contributed by atoms with Crippen molar-refractivity contribution in [1.29, 1.82) is 0 Å². The minimum absolute atomic E-state index is 0.0684. The van der Waals surface area contributed by atoms with Crippen LogP contribution in [0.1, 0.15) is 5.56 Å². The molecule has 0 fully saturated rings. The zero-order valence-electron chi connectivity index (χ0n) is 10.8. The number of hydrogen-bond donors (Lipinski definition) is 3. The summed E-state index contributed by atoms with van der Waals surface area (Å²) < 4.78 is 4.93. The molecule has 0 saturated heterocycles. The SMILES string of the molecule is CN(CCc1ccc2oc(=O)[nH]c2c1)C(CO)CO. The Labute approximate surface area is 110 Å². The maximum Gasteiger partial charge on any atom is 0.417 e. The Bertz CT molecular complexity index is 586. The highest BCUT2D eigenvalue weighted by atomic mass is 16.4. The molecule has 2 aromatic rings. The van der Waals surface area contributed by atoms with E-state index in [1.165, 1.54) is 0 Å². The normalized spacial score (nSPS) is 11.8. The van der Waals surface area contributed by atoms with Crippen LogP contribution in [0.25, 0.3) is 11.1 Å². The average molecular weight is 266 g/mol. The molecule has 1 aromatic carbocycles. The number of nitrogens with one attached hydrogen (secondary N) is 1. The summed E-state index contributed by atoms with van der Waals surface area (Å²) in [4.78, 5) is 15.6. The molecular formula is C13H18N2O4. The maximum absolute atomic E-state index is 11.0. The summed E-state index contributed by atoms with van der Waals surface area (Å²) in [5, 5.41) is 18.2. The van der Waals surface area contributed by atoms with Gasteiger partial charge in [-0.1, -0.05) is 6.07 Å². The van der Waals surface area contributed by atoms with Crippen LogP contribution in [0.4, 0.5) is 0 Å². The minimum Gasteiger partial charge on any atom is -0.408 e. The van der Waals surface area contributed by atoms with Crippen molar-refractivity contribution in [2.75, 3.05) is 26.8 Å². The molecule has 3 N–H and O–H groups in total. The minimum atomic E-state index is -0.454. The molecule has 0 spiro atoms. The number of aromatic amines is 1. The van der Waals surface area contributed by atoms with E-state index < -0.39 is 5.76 Å². The van der Waals surface area contributed by atoms with Crippen LogP contribution in [0.3, 0.4) is 0 Å². The van der Waals surface area contributed by atoms with Gasteiger partial charge >= 0.3 is 5.76 Å². The second-order valence-electron chi connectivity index (χ2n) is 4.59. The third kappa shape index (κ3) is 3.23. The molecule has 2 rings (SSSR count). The Morgan fingerprint density at radius 2 is 2.11 bits per heavy atom. The van der Waals surface area contributed by atoms with Gasteiger partial charge < -0.3 is 14.6 Å². The molecule has 0 radical (unpaired) electrons. The second-order valence-corrected chi connectivity index (χ2v) is 4.59. The first-order chi connectivity index (χ1) is 9.13. The van der Waals surface area contributed by atoms with E-state index in [0.717, 1.165) is 12.0 Å². The van der Waals surface area contributed by atoms with E-state index in [-0.39, 0.29) is 19.3 Å². The fourth-order valence-corrected chi connectivity index (χ4v) is 1.98. The van der Waals surface area contributed by atoms with E-state index in [9.17, 15) is 4.79 Å². The fraction of sp³-hybridized carbons (Fsp3) is 0.462. The maximum atomic E-state index is 11.0. The lowest BCUT2D eigenvalue weighted by molar-refractivity contribution is 0.0925. The van der Waals surface area contributed by atoms with E-state index in [1.54, 1.807) is 6.07 Å². The van der Waals surface area contributed by atoms with Gasteiger partial charge in [0, 0.05) is 6.54 Å². The van der Waals surface area contributed by atoms with E-state index in [0.29, 0.717) is 17.6 Å². The van der Waals surface area contributed by atoms with Crippen molar-refractivity contribution >= 4 is 11.1 Å². The van der Waals surface area contributed by atoms with Gasteiger partial charge in [0.1, 0.15) is 0 Å². The molecule has 1 heterocycles. The van der Waals surface area contributed by atoms with Crippen molar-refractivity contribution in [1.82, 2.24) is 9.88 Å². The summed E-state index contributed by atoms with van der Waals surface area (Å²) in [5.41, 5.74) is 2.29. The van der Waals surface area contributed by atoms with Gasteiger partial charge in [0.15, 0.2) is 5.58 Å². The molecule has 6 heteroatoms. The highest BCUT2D eigenvalue weighted by Gasteiger charge is 2.12.